The van der Waals surface area contributed by atoms with Crippen LogP contribution in [-0.2, 0) is 9.84 Å². The fourth-order valence-corrected chi connectivity index (χ4v) is 3.49. The van der Waals surface area contributed by atoms with Gasteiger partial charge in [-0.25, -0.2) is 23.4 Å². The first-order chi connectivity index (χ1) is 10.7. The summed E-state index contributed by atoms with van der Waals surface area (Å²) in [4.78, 5) is 12.2. The van der Waals surface area contributed by atoms with Crippen molar-refractivity contribution in [3.05, 3.63) is 17.4 Å². The molecule has 1 aliphatic carbocycles. The van der Waals surface area contributed by atoms with E-state index in [1.807, 2.05) is 0 Å². The monoisotopic (exact) mass is 356 g/mol. The van der Waals surface area contributed by atoms with Crippen LogP contribution in [0.2, 0.25) is 5.02 Å². The van der Waals surface area contributed by atoms with E-state index in [0.717, 1.165) is 19.1 Å². The number of aliphatic hydroxyl groups is 1. The number of anilines is 1. The molecule has 2 N–H and O–H groups in total. The SMILES string of the molecule is C[C@@]1(O)CCC[C@H]1Nc1ncc(Cl)c2cnc(S(C)(=O)=O)nc12. The number of rotatable bonds is 3. The van der Waals surface area contributed by atoms with Crippen LogP contribution in [0.4, 0.5) is 5.82 Å². The molecule has 3 rings (SSSR count). The molecule has 0 amide bonds. The van der Waals surface area contributed by atoms with Crippen LogP contribution < -0.4 is 5.32 Å². The Morgan fingerprint density at radius 3 is 2.74 bits per heavy atom. The van der Waals surface area contributed by atoms with Gasteiger partial charge in [-0.15, -0.1) is 0 Å². The van der Waals surface area contributed by atoms with Crippen molar-refractivity contribution in [3.8, 4) is 0 Å². The van der Waals surface area contributed by atoms with Crippen LogP contribution in [0.1, 0.15) is 26.2 Å². The second-order valence-corrected chi connectivity index (χ2v) is 8.40. The molecule has 0 aliphatic heterocycles. The zero-order valence-corrected chi connectivity index (χ0v) is 14.3. The number of pyridine rings is 1. The molecular weight excluding hydrogens is 340 g/mol. The van der Waals surface area contributed by atoms with E-state index in [1.165, 1.54) is 12.4 Å². The van der Waals surface area contributed by atoms with Crippen LogP contribution in [0.15, 0.2) is 17.6 Å². The smallest absolute Gasteiger partial charge is 0.247 e. The van der Waals surface area contributed by atoms with Gasteiger partial charge in [0.05, 0.1) is 16.7 Å². The zero-order chi connectivity index (χ0) is 16.8. The Morgan fingerprint density at radius 1 is 1.39 bits per heavy atom. The van der Waals surface area contributed by atoms with Crippen LogP contribution in [0, 0.1) is 0 Å². The summed E-state index contributed by atoms with van der Waals surface area (Å²) >= 11 is 6.10. The maximum atomic E-state index is 11.7. The lowest BCUT2D eigenvalue weighted by molar-refractivity contribution is 0.0578. The molecule has 1 saturated carbocycles. The lowest BCUT2D eigenvalue weighted by atomic mass is 10.0. The van der Waals surface area contributed by atoms with E-state index >= 15 is 0 Å². The van der Waals surface area contributed by atoms with E-state index in [9.17, 15) is 13.5 Å². The number of fused-ring (bicyclic) bond motifs is 1. The number of aromatic nitrogens is 3. The summed E-state index contributed by atoms with van der Waals surface area (Å²) < 4.78 is 23.4. The van der Waals surface area contributed by atoms with E-state index in [2.05, 4.69) is 20.3 Å². The third-order valence-corrected chi connectivity index (χ3v) is 5.29. The Balaban J connectivity index is 2.11. The Kier molecular flexibility index (Phi) is 3.94. The molecule has 0 radical (unpaired) electrons. The van der Waals surface area contributed by atoms with Gasteiger partial charge in [0, 0.05) is 24.0 Å². The average molecular weight is 357 g/mol. The minimum atomic E-state index is -3.54. The summed E-state index contributed by atoms with van der Waals surface area (Å²) in [5, 5.41) is 14.1. The van der Waals surface area contributed by atoms with Gasteiger partial charge < -0.3 is 10.4 Å². The largest absolute Gasteiger partial charge is 0.388 e. The lowest BCUT2D eigenvalue weighted by Crippen LogP contribution is -2.39. The van der Waals surface area contributed by atoms with Crippen LogP contribution in [0.25, 0.3) is 10.9 Å². The molecule has 7 nitrogen and oxygen atoms in total. The minimum absolute atomic E-state index is 0.184. The summed E-state index contributed by atoms with van der Waals surface area (Å²) in [5.41, 5.74) is -0.518. The van der Waals surface area contributed by atoms with E-state index in [0.29, 0.717) is 28.2 Å². The van der Waals surface area contributed by atoms with Crippen LogP contribution >= 0.6 is 11.6 Å². The van der Waals surface area contributed by atoms with Crippen LogP contribution in [0.5, 0.6) is 0 Å². The van der Waals surface area contributed by atoms with Crippen molar-refractivity contribution in [2.24, 2.45) is 0 Å². The summed E-state index contributed by atoms with van der Waals surface area (Å²) in [5.74, 6) is 0.392. The maximum absolute atomic E-state index is 11.7. The Bertz CT molecular complexity index is 870. The lowest BCUT2D eigenvalue weighted by Gasteiger charge is -2.27. The van der Waals surface area contributed by atoms with Crippen molar-refractivity contribution in [2.75, 3.05) is 11.6 Å². The van der Waals surface area contributed by atoms with Crippen LogP contribution in [0.3, 0.4) is 0 Å². The van der Waals surface area contributed by atoms with Gasteiger partial charge in [0.25, 0.3) is 0 Å². The van der Waals surface area contributed by atoms with E-state index in [1.54, 1.807) is 6.92 Å². The highest BCUT2D eigenvalue weighted by Crippen LogP contribution is 2.34. The normalized spacial score (nSPS) is 25.0. The van der Waals surface area contributed by atoms with Crippen molar-refractivity contribution in [1.29, 1.82) is 0 Å². The molecule has 0 unspecified atom stereocenters. The Hall–Kier alpha value is -1.51. The fourth-order valence-electron chi connectivity index (χ4n) is 2.80. The second kappa shape index (κ2) is 5.54. The molecule has 0 spiro atoms. The van der Waals surface area contributed by atoms with Crippen molar-refractivity contribution < 1.29 is 13.5 Å². The number of nitrogens with one attached hydrogen (secondary N) is 1. The van der Waals surface area contributed by atoms with Gasteiger partial charge in [0.2, 0.25) is 15.0 Å². The number of halogens is 1. The molecule has 9 heteroatoms. The minimum Gasteiger partial charge on any atom is -0.388 e. The molecule has 0 aromatic carbocycles. The molecule has 0 bridgehead atoms. The quantitative estimate of drug-likeness (QED) is 0.808. The van der Waals surface area contributed by atoms with Gasteiger partial charge in [-0.3, -0.25) is 0 Å². The molecule has 1 aliphatic rings. The Labute approximate surface area is 139 Å². The third-order valence-electron chi connectivity index (χ3n) is 4.12. The fraction of sp³-hybridized carbons (Fsp3) is 0.500. The van der Waals surface area contributed by atoms with E-state index in [4.69, 9.17) is 11.6 Å². The summed E-state index contributed by atoms with van der Waals surface area (Å²) in [6.45, 7) is 1.77. The Morgan fingerprint density at radius 2 is 2.13 bits per heavy atom. The van der Waals surface area contributed by atoms with E-state index < -0.39 is 15.4 Å². The molecule has 2 heterocycles. The highest BCUT2D eigenvalue weighted by molar-refractivity contribution is 7.90. The molecule has 2 aromatic rings. The predicted molar refractivity (Wildman–Crippen MR) is 87.3 cm³/mol. The molecule has 23 heavy (non-hydrogen) atoms. The predicted octanol–water partition coefficient (Wildman–Crippen LogP) is 1.80. The first kappa shape index (κ1) is 16.4. The van der Waals surface area contributed by atoms with E-state index in [-0.39, 0.29) is 11.2 Å². The van der Waals surface area contributed by atoms with Crippen molar-refractivity contribution in [1.82, 2.24) is 15.0 Å². The summed E-state index contributed by atoms with van der Waals surface area (Å²) in [6.07, 6.45) is 6.27. The van der Waals surface area contributed by atoms with Gasteiger partial charge in [-0.05, 0) is 26.2 Å². The topological polar surface area (TPSA) is 105 Å². The number of sulfone groups is 1. The van der Waals surface area contributed by atoms with Gasteiger partial charge in [0.1, 0.15) is 5.52 Å². The number of hydrogen-bond donors (Lipinski definition) is 2. The van der Waals surface area contributed by atoms with Crippen molar-refractivity contribution >= 4 is 38.2 Å². The highest BCUT2D eigenvalue weighted by atomic mass is 35.5. The standard InChI is InChI=1S/C14H17ClN4O3S/c1-14(20)5-3-4-10(14)18-12-11-8(9(15)7-16-12)6-17-13(19-11)23(2,21)22/h6-7,10,20H,3-5H2,1-2H3,(H,16,18)/t10-,14-/m1/s1. The van der Waals surface area contributed by atoms with Gasteiger partial charge >= 0.3 is 0 Å². The molecular formula is C14H17ClN4O3S. The van der Waals surface area contributed by atoms with Crippen molar-refractivity contribution in [3.63, 3.8) is 0 Å². The average Bonchev–Trinajstić information content (AvgIpc) is 2.79. The van der Waals surface area contributed by atoms with Crippen molar-refractivity contribution in [2.45, 2.75) is 43.0 Å². The molecule has 1 fully saturated rings. The molecule has 2 aromatic heterocycles. The van der Waals surface area contributed by atoms with Crippen LogP contribution in [-0.4, -0.2) is 46.4 Å². The summed E-state index contributed by atoms with van der Waals surface area (Å²) in [6, 6.07) is -0.184. The van der Waals surface area contributed by atoms with Gasteiger partial charge in [-0.2, -0.15) is 0 Å². The number of nitrogens with zero attached hydrogens (tertiary/aromatic N) is 3. The second-order valence-electron chi connectivity index (χ2n) is 6.09. The maximum Gasteiger partial charge on any atom is 0.247 e. The highest BCUT2D eigenvalue weighted by Gasteiger charge is 2.37. The molecule has 2 atom stereocenters. The number of hydrogen-bond acceptors (Lipinski definition) is 7. The van der Waals surface area contributed by atoms with Gasteiger partial charge in [0.15, 0.2) is 5.82 Å². The molecule has 0 saturated heterocycles. The summed E-state index contributed by atoms with van der Waals surface area (Å²) in [7, 11) is -3.54. The van der Waals surface area contributed by atoms with Gasteiger partial charge in [-0.1, -0.05) is 11.6 Å². The third kappa shape index (κ3) is 3.11. The first-order valence-electron chi connectivity index (χ1n) is 7.19. The zero-order valence-electron chi connectivity index (χ0n) is 12.7. The molecule has 124 valence electrons. The first-order valence-corrected chi connectivity index (χ1v) is 9.45.